The van der Waals surface area contributed by atoms with Crippen LogP contribution in [-0.2, 0) is 5.41 Å². The predicted octanol–water partition coefficient (Wildman–Crippen LogP) is 6.25. The molecule has 8 heteroatoms. The summed E-state index contributed by atoms with van der Waals surface area (Å²) in [6.45, 7) is 7.99. The molecule has 3 heterocycles. The Bertz CT molecular complexity index is 1270. The molecule has 4 rings (SSSR count). The Hall–Kier alpha value is -2.90. The molecule has 1 aromatic carbocycles. The van der Waals surface area contributed by atoms with Crippen molar-refractivity contribution in [1.29, 1.82) is 0 Å². The van der Waals surface area contributed by atoms with Gasteiger partial charge in [-0.2, -0.15) is 0 Å². The van der Waals surface area contributed by atoms with Gasteiger partial charge < -0.3 is 9.84 Å². The number of hydrogen-bond donors (Lipinski definition) is 1. The molecular weight excluding hydrogens is 434 g/mol. The van der Waals surface area contributed by atoms with Crippen LogP contribution in [0.1, 0.15) is 54.6 Å². The molecule has 1 N–H and O–H groups in total. The van der Waals surface area contributed by atoms with E-state index in [1.54, 1.807) is 18.5 Å². The Balaban J connectivity index is 1.92. The number of thiophene rings is 1. The van der Waals surface area contributed by atoms with E-state index in [1.807, 2.05) is 62.6 Å². The summed E-state index contributed by atoms with van der Waals surface area (Å²) in [5.74, 6) is -0.115. The molecule has 0 spiro atoms. The average molecular weight is 456 g/mol. The zero-order valence-corrected chi connectivity index (χ0v) is 19.2. The topological polar surface area (TPSA) is 76.7 Å². The van der Waals surface area contributed by atoms with Gasteiger partial charge in [0, 0.05) is 28.5 Å². The number of carboxylic acid groups (broad SMARTS) is 1. The van der Waals surface area contributed by atoms with Crippen LogP contribution in [0.5, 0.6) is 5.75 Å². The smallest absolute Gasteiger partial charge is 0.349 e. The number of halogens is 1. The largest absolute Gasteiger partial charge is 0.484 e. The maximum absolute atomic E-state index is 12.2. The quantitative estimate of drug-likeness (QED) is 0.385. The molecule has 0 fully saturated rings. The molecule has 0 bridgehead atoms. The number of nitrogens with zero attached hydrogens (tertiary/aromatic N) is 3. The zero-order chi connectivity index (χ0) is 22.3. The second-order valence-corrected chi connectivity index (χ2v) is 9.66. The number of benzene rings is 1. The van der Waals surface area contributed by atoms with Crippen molar-refractivity contribution < 1.29 is 14.6 Å². The molecular formula is C23H22ClN3O3S. The van der Waals surface area contributed by atoms with Gasteiger partial charge in [-0.05, 0) is 24.5 Å². The van der Waals surface area contributed by atoms with Gasteiger partial charge in [-0.3, -0.25) is 4.40 Å². The molecule has 31 heavy (non-hydrogen) atoms. The number of rotatable bonds is 5. The van der Waals surface area contributed by atoms with Gasteiger partial charge in [-0.25, -0.2) is 14.8 Å². The summed E-state index contributed by atoms with van der Waals surface area (Å²) in [5.41, 5.74) is 2.01. The van der Waals surface area contributed by atoms with Gasteiger partial charge in [0.05, 0.1) is 16.8 Å². The van der Waals surface area contributed by atoms with Gasteiger partial charge in [-0.15, -0.1) is 11.3 Å². The first-order chi connectivity index (χ1) is 14.7. The number of hydrogen-bond acceptors (Lipinski definition) is 5. The second-order valence-electron chi connectivity index (χ2n) is 8.23. The molecule has 3 aromatic heterocycles. The molecule has 4 aromatic rings. The van der Waals surface area contributed by atoms with Crippen LogP contribution in [0.3, 0.4) is 0 Å². The first kappa shape index (κ1) is 21.3. The van der Waals surface area contributed by atoms with Gasteiger partial charge in [0.15, 0.2) is 4.88 Å². The summed E-state index contributed by atoms with van der Waals surface area (Å²) in [6, 6.07) is 9.23. The van der Waals surface area contributed by atoms with Crippen molar-refractivity contribution in [2.45, 2.75) is 39.2 Å². The number of fused-ring (bicyclic) bond motifs is 1. The van der Waals surface area contributed by atoms with Crippen molar-refractivity contribution in [3.05, 3.63) is 69.9 Å². The van der Waals surface area contributed by atoms with Gasteiger partial charge in [-0.1, -0.05) is 50.6 Å². The van der Waals surface area contributed by atoms with E-state index in [-0.39, 0.29) is 10.3 Å². The van der Waals surface area contributed by atoms with Crippen molar-refractivity contribution in [3.63, 3.8) is 0 Å². The fraction of sp³-hybridized carbons (Fsp3) is 0.261. The van der Waals surface area contributed by atoms with E-state index in [1.165, 1.54) is 11.3 Å². The lowest BCUT2D eigenvalue weighted by molar-refractivity contribution is 0.0695. The molecule has 0 aliphatic rings. The minimum Gasteiger partial charge on any atom is -0.484 e. The fourth-order valence-corrected chi connectivity index (χ4v) is 5.15. The minimum absolute atomic E-state index is 0.151. The summed E-state index contributed by atoms with van der Waals surface area (Å²) < 4.78 is 8.18. The van der Waals surface area contributed by atoms with E-state index >= 15 is 0 Å². The summed E-state index contributed by atoms with van der Waals surface area (Å²) in [7, 11) is 0. The van der Waals surface area contributed by atoms with E-state index in [0.717, 1.165) is 21.7 Å². The summed E-state index contributed by atoms with van der Waals surface area (Å²) >= 11 is 7.55. The summed E-state index contributed by atoms with van der Waals surface area (Å²) in [5, 5.41) is 10.6. The minimum atomic E-state index is -1.03. The molecule has 160 valence electrons. The number of aromatic carboxylic acids is 1. The maximum Gasteiger partial charge on any atom is 0.349 e. The van der Waals surface area contributed by atoms with Crippen LogP contribution >= 0.6 is 22.9 Å². The molecule has 0 saturated heterocycles. The van der Waals surface area contributed by atoms with E-state index in [0.29, 0.717) is 16.5 Å². The van der Waals surface area contributed by atoms with Crippen LogP contribution in [0, 0.1) is 0 Å². The maximum atomic E-state index is 12.2. The van der Waals surface area contributed by atoms with Crippen LogP contribution in [0.25, 0.3) is 16.3 Å². The second kappa shape index (κ2) is 7.98. The Morgan fingerprint density at radius 3 is 2.65 bits per heavy atom. The fourth-order valence-electron chi connectivity index (χ4n) is 3.57. The monoisotopic (exact) mass is 455 g/mol. The van der Waals surface area contributed by atoms with E-state index < -0.39 is 12.1 Å². The zero-order valence-electron chi connectivity index (χ0n) is 17.6. The normalized spacial score (nSPS) is 12.8. The van der Waals surface area contributed by atoms with E-state index in [2.05, 4.69) is 9.97 Å². The van der Waals surface area contributed by atoms with Gasteiger partial charge in [0.2, 0.25) is 5.78 Å². The van der Waals surface area contributed by atoms with E-state index in [9.17, 15) is 9.90 Å². The number of imidazole rings is 1. The van der Waals surface area contributed by atoms with Crippen LogP contribution in [-0.4, -0.2) is 25.4 Å². The number of ether oxygens (including phenoxy) is 1. The summed E-state index contributed by atoms with van der Waals surface area (Å²) in [4.78, 5) is 21.8. The first-order valence-electron chi connectivity index (χ1n) is 9.78. The van der Waals surface area contributed by atoms with Crippen molar-refractivity contribution >= 4 is 34.7 Å². The molecule has 0 radical (unpaired) electrons. The Morgan fingerprint density at radius 2 is 1.97 bits per heavy atom. The molecule has 0 aliphatic heterocycles. The third-order valence-electron chi connectivity index (χ3n) is 4.97. The third kappa shape index (κ3) is 3.91. The highest BCUT2D eigenvalue weighted by molar-refractivity contribution is 7.18. The van der Waals surface area contributed by atoms with Crippen LogP contribution in [0.4, 0.5) is 0 Å². The molecule has 6 nitrogen and oxygen atoms in total. The Labute approximate surface area is 189 Å². The molecule has 0 unspecified atom stereocenters. The molecule has 0 aliphatic carbocycles. The van der Waals surface area contributed by atoms with Crippen molar-refractivity contribution in [2.24, 2.45) is 0 Å². The first-order valence-corrected chi connectivity index (χ1v) is 11.0. The van der Waals surface area contributed by atoms with Crippen molar-refractivity contribution in [1.82, 2.24) is 14.4 Å². The van der Waals surface area contributed by atoms with Crippen LogP contribution in [0.2, 0.25) is 5.02 Å². The van der Waals surface area contributed by atoms with Crippen molar-refractivity contribution in [3.8, 4) is 16.3 Å². The number of carboxylic acids is 1. The number of aromatic nitrogens is 3. The molecule has 0 saturated carbocycles. The van der Waals surface area contributed by atoms with E-state index in [4.69, 9.17) is 16.3 Å². The Kier molecular flexibility index (Phi) is 5.49. The van der Waals surface area contributed by atoms with Crippen LogP contribution < -0.4 is 4.74 Å². The lowest BCUT2D eigenvalue weighted by Crippen LogP contribution is -2.16. The predicted molar refractivity (Wildman–Crippen MR) is 122 cm³/mol. The highest BCUT2D eigenvalue weighted by Gasteiger charge is 2.34. The number of carbonyl (C=O) groups is 1. The third-order valence-corrected chi connectivity index (χ3v) is 6.49. The average Bonchev–Trinajstić information content (AvgIpc) is 3.29. The Morgan fingerprint density at radius 1 is 1.23 bits per heavy atom. The molecule has 0 amide bonds. The SMILES string of the molecule is C[C@@H](Oc1c(C(=O)O)sc(-c2cnc3ncccn23)c1C(C)(C)C)c1ccccc1Cl. The highest BCUT2D eigenvalue weighted by atomic mass is 35.5. The van der Waals surface area contributed by atoms with Crippen molar-refractivity contribution in [2.75, 3.05) is 0 Å². The summed E-state index contributed by atoms with van der Waals surface area (Å²) in [6.07, 6.45) is 4.83. The highest BCUT2D eigenvalue weighted by Crippen LogP contribution is 2.49. The molecule has 1 atom stereocenters. The standard InChI is InChI=1S/C23H22ClN3O3S/c1-13(14-8-5-6-9-15(14)24)30-18-17(23(2,3)4)19(31-20(18)21(28)29)16-12-26-22-25-10-7-11-27(16)22/h5-13H,1-4H3,(H,28,29)/t13-/m1/s1. The van der Waals surface area contributed by atoms with Gasteiger partial charge in [0.25, 0.3) is 0 Å². The lowest BCUT2D eigenvalue weighted by Gasteiger charge is -2.24. The van der Waals surface area contributed by atoms with Gasteiger partial charge in [0.1, 0.15) is 11.9 Å². The van der Waals surface area contributed by atoms with Crippen LogP contribution in [0.15, 0.2) is 48.9 Å². The van der Waals surface area contributed by atoms with Gasteiger partial charge >= 0.3 is 5.97 Å². The lowest BCUT2D eigenvalue weighted by atomic mass is 9.85.